The summed E-state index contributed by atoms with van der Waals surface area (Å²) in [6, 6.07) is 8.33. The van der Waals surface area contributed by atoms with Crippen molar-refractivity contribution in [2.24, 2.45) is 0 Å². The van der Waals surface area contributed by atoms with Crippen LogP contribution in [0.1, 0.15) is 25.0 Å². The third kappa shape index (κ3) is 5.45. The van der Waals surface area contributed by atoms with Crippen LogP contribution in [0, 0.1) is 5.82 Å². The second-order valence-corrected chi connectivity index (χ2v) is 5.91. The Morgan fingerprint density at radius 2 is 2.17 bits per heavy atom. The molecule has 0 fully saturated rings. The van der Waals surface area contributed by atoms with Gasteiger partial charge in [0.1, 0.15) is 5.82 Å². The predicted octanol–water partition coefficient (Wildman–Crippen LogP) is 2.61. The van der Waals surface area contributed by atoms with Crippen LogP contribution in [0.2, 0.25) is 0 Å². The minimum atomic E-state index is -0.268. The summed E-state index contributed by atoms with van der Waals surface area (Å²) in [5.41, 5.74) is 2.49. The maximum absolute atomic E-state index is 13.3. The number of aryl methyl sites for hydroxylation is 1. The van der Waals surface area contributed by atoms with E-state index >= 15 is 0 Å². The summed E-state index contributed by atoms with van der Waals surface area (Å²) in [5.74, 6) is -0.0919. The van der Waals surface area contributed by atoms with Crippen LogP contribution in [-0.2, 0) is 11.2 Å². The summed E-state index contributed by atoms with van der Waals surface area (Å²) in [6.45, 7) is 1.57. The topological polar surface area (TPSA) is 61.0 Å². The van der Waals surface area contributed by atoms with Gasteiger partial charge in [-0.3, -0.25) is 9.89 Å². The molecular weight excluding hydrogens is 307 g/mol. The molecule has 0 aliphatic carbocycles. The summed E-state index contributed by atoms with van der Waals surface area (Å²) in [6.07, 6.45) is 3.10. The van der Waals surface area contributed by atoms with Crippen LogP contribution in [0.15, 0.2) is 30.3 Å². The number of halogens is 1. The summed E-state index contributed by atoms with van der Waals surface area (Å²) < 4.78 is 13.3. The number of amides is 1. The number of hydrogen-bond acceptors (Lipinski definition) is 3. The fourth-order valence-corrected chi connectivity index (χ4v) is 2.52. The third-order valence-corrected chi connectivity index (χ3v) is 3.93. The Bertz CT molecular complexity index is 656. The first-order chi connectivity index (χ1) is 11.6. The van der Waals surface area contributed by atoms with Crippen LogP contribution < -0.4 is 5.32 Å². The van der Waals surface area contributed by atoms with Crippen molar-refractivity contribution in [3.63, 3.8) is 0 Å². The van der Waals surface area contributed by atoms with Crippen molar-refractivity contribution in [2.45, 2.75) is 25.7 Å². The van der Waals surface area contributed by atoms with Gasteiger partial charge < -0.3 is 10.2 Å². The monoisotopic (exact) mass is 332 g/mol. The number of benzene rings is 1. The first kappa shape index (κ1) is 18.1. The van der Waals surface area contributed by atoms with Crippen molar-refractivity contribution >= 4 is 5.91 Å². The van der Waals surface area contributed by atoms with Crippen LogP contribution >= 0.6 is 0 Å². The van der Waals surface area contributed by atoms with E-state index in [-0.39, 0.29) is 11.7 Å². The molecule has 0 radical (unpaired) electrons. The van der Waals surface area contributed by atoms with Gasteiger partial charge in [-0.25, -0.2) is 4.39 Å². The van der Waals surface area contributed by atoms with E-state index in [9.17, 15) is 9.18 Å². The van der Waals surface area contributed by atoms with Gasteiger partial charge in [0.2, 0.25) is 5.91 Å². The molecule has 2 aromatic rings. The van der Waals surface area contributed by atoms with Crippen molar-refractivity contribution < 1.29 is 9.18 Å². The standard InChI is InChI=1S/C18H25FN4O/c1-20-10-4-9-18(24)23(2)11-5-8-16-13-17(22-21-16)14-6-3-7-15(19)12-14/h3,6-7,12-13,20H,4-5,8-11H2,1-2H3,(H,21,22). The zero-order valence-electron chi connectivity index (χ0n) is 14.3. The van der Waals surface area contributed by atoms with Crippen LogP contribution in [0.5, 0.6) is 0 Å². The van der Waals surface area contributed by atoms with Crippen molar-refractivity contribution in [3.8, 4) is 11.3 Å². The average molecular weight is 332 g/mol. The SMILES string of the molecule is CNCCCC(=O)N(C)CCCc1cc(-c2cccc(F)c2)n[nH]1. The highest BCUT2D eigenvalue weighted by molar-refractivity contribution is 5.75. The molecule has 0 atom stereocenters. The Hall–Kier alpha value is -2.21. The molecule has 1 amide bonds. The zero-order chi connectivity index (χ0) is 17.4. The maximum Gasteiger partial charge on any atom is 0.222 e. The van der Waals surface area contributed by atoms with Gasteiger partial charge in [-0.15, -0.1) is 0 Å². The van der Waals surface area contributed by atoms with Crippen LogP contribution in [0.25, 0.3) is 11.3 Å². The van der Waals surface area contributed by atoms with Gasteiger partial charge in [0.25, 0.3) is 0 Å². The fourth-order valence-electron chi connectivity index (χ4n) is 2.52. The lowest BCUT2D eigenvalue weighted by atomic mass is 10.1. The lowest BCUT2D eigenvalue weighted by molar-refractivity contribution is -0.130. The molecule has 0 aliphatic heterocycles. The van der Waals surface area contributed by atoms with Gasteiger partial charge in [-0.2, -0.15) is 5.10 Å². The fraction of sp³-hybridized carbons (Fsp3) is 0.444. The summed E-state index contributed by atoms with van der Waals surface area (Å²) >= 11 is 0. The van der Waals surface area contributed by atoms with E-state index in [2.05, 4.69) is 15.5 Å². The number of carbonyl (C=O) groups excluding carboxylic acids is 1. The normalized spacial score (nSPS) is 10.8. The van der Waals surface area contributed by atoms with Gasteiger partial charge in [-0.05, 0) is 51.1 Å². The molecule has 0 bridgehead atoms. The van der Waals surface area contributed by atoms with Crippen LogP contribution in [-0.4, -0.2) is 48.2 Å². The molecule has 6 heteroatoms. The number of H-pyrrole nitrogens is 1. The quantitative estimate of drug-likeness (QED) is 0.694. The third-order valence-electron chi connectivity index (χ3n) is 3.93. The number of rotatable bonds is 9. The van der Waals surface area contributed by atoms with E-state index in [1.54, 1.807) is 11.0 Å². The largest absolute Gasteiger partial charge is 0.346 e. The molecule has 1 aromatic carbocycles. The lowest BCUT2D eigenvalue weighted by Crippen LogP contribution is -2.28. The number of hydrogen-bond donors (Lipinski definition) is 2. The highest BCUT2D eigenvalue weighted by Gasteiger charge is 2.09. The van der Waals surface area contributed by atoms with Gasteiger partial charge >= 0.3 is 0 Å². The van der Waals surface area contributed by atoms with E-state index in [1.807, 2.05) is 26.2 Å². The second-order valence-electron chi connectivity index (χ2n) is 5.91. The minimum absolute atomic E-state index is 0.176. The van der Waals surface area contributed by atoms with Gasteiger partial charge in [0.05, 0.1) is 5.69 Å². The first-order valence-electron chi connectivity index (χ1n) is 8.29. The Balaban J connectivity index is 1.78. The predicted molar refractivity (Wildman–Crippen MR) is 93.1 cm³/mol. The highest BCUT2D eigenvalue weighted by Crippen LogP contribution is 2.19. The number of nitrogens with zero attached hydrogens (tertiary/aromatic N) is 2. The molecule has 1 heterocycles. The van der Waals surface area contributed by atoms with E-state index in [0.717, 1.165) is 42.8 Å². The number of aromatic nitrogens is 2. The number of carbonyl (C=O) groups is 1. The molecule has 2 N–H and O–H groups in total. The molecule has 24 heavy (non-hydrogen) atoms. The zero-order valence-corrected chi connectivity index (χ0v) is 14.3. The molecule has 0 unspecified atom stereocenters. The Labute approximate surface area is 142 Å². The van der Waals surface area contributed by atoms with Crippen molar-refractivity contribution in [3.05, 3.63) is 41.8 Å². The summed E-state index contributed by atoms with van der Waals surface area (Å²) in [5, 5.41) is 10.3. The molecule has 2 rings (SSSR count). The van der Waals surface area contributed by atoms with Gasteiger partial charge in [0.15, 0.2) is 0 Å². The molecular formula is C18H25FN4O. The van der Waals surface area contributed by atoms with E-state index in [4.69, 9.17) is 0 Å². The van der Waals surface area contributed by atoms with Gasteiger partial charge in [0, 0.05) is 31.3 Å². The van der Waals surface area contributed by atoms with Crippen molar-refractivity contribution in [2.75, 3.05) is 27.2 Å². The first-order valence-corrected chi connectivity index (χ1v) is 8.29. The molecule has 5 nitrogen and oxygen atoms in total. The second kappa shape index (κ2) is 9.17. The molecule has 0 aliphatic rings. The Morgan fingerprint density at radius 3 is 2.92 bits per heavy atom. The smallest absolute Gasteiger partial charge is 0.222 e. The van der Waals surface area contributed by atoms with Crippen molar-refractivity contribution in [1.82, 2.24) is 20.4 Å². The number of nitrogens with one attached hydrogen (secondary N) is 2. The lowest BCUT2D eigenvalue weighted by Gasteiger charge is -2.16. The Kier molecular flexibility index (Phi) is 6.93. The summed E-state index contributed by atoms with van der Waals surface area (Å²) in [4.78, 5) is 13.7. The van der Waals surface area contributed by atoms with E-state index in [1.165, 1.54) is 12.1 Å². The average Bonchev–Trinajstić information content (AvgIpc) is 3.04. The minimum Gasteiger partial charge on any atom is -0.346 e. The number of aromatic amines is 1. The molecule has 0 saturated heterocycles. The van der Waals surface area contributed by atoms with E-state index < -0.39 is 0 Å². The van der Waals surface area contributed by atoms with Crippen molar-refractivity contribution in [1.29, 1.82) is 0 Å². The maximum atomic E-state index is 13.3. The molecule has 0 saturated carbocycles. The molecule has 1 aromatic heterocycles. The van der Waals surface area contributed by atoms with Gasteiger partial charge in [-0.1, -0.05) is 12.1 Å². The summed E-state index contributed by atoms with van der Waals surface area (Å²) in [7, 11) is 3.73. The molecule has 130 valence electrons. The highest BCUT2D eigenvalue weighted by atomic mass is 19.1. The molecule has 0 spiro atoms. The van der Waals surface area contributed by atoms with Crippen LogP contribution in [0.4, 0.5) is 4.39 Å². The van der Waals surface area contributed by atoms with Crippen LogP contribution in [0.3, 0.4) is 0 Å². The van der Waals surface area contributed by atoms with E-state index in [0.29, 0.717) is 13.0 Å². The Morgan fingerprint density at radius 1 is 1.33 bits per heavy atom.